The first kappa shape index (κ1) is 12.5. The molecule has 0 amide bonds. The first-order chi connectivity index (χ1) is 6.99. The van der Waals surface area contributed by atoms with Gasteiger partial charge in [-0.05, 0) is 53.7 Å². The second kappa shape index (κ2) is 5.50. The van der Waals surface area contributed by atoms with Crippen molar-refractivity contribution in [3.05, 3.63) is 22.3 Å². The quantitative estimate of drug-likeness (QED) is 0.827. The van der Waals surface area contributed by atoms with E-state index in [9.17, 15) is 0 Å². The standard InChI is InChI=1S/C12H18BrNO/c1-8(2)5-10(4)15-12-11(13)6-9(3)7-14-12/h6-8,10H,5H2,1-4H3. The molecule has 0 radical (unpaired) electrons. The predicted octanol–water partition coefficient (Wildman–Crippen LogP) is 3.97. The maximum atomic E-state index is 5.75. The van der Waals surface area contributed by atoms with Crippen LogP contribution < -0.4 is 4.74 Å². The van der Waals surface area contributed by atoms with Gasteiger partial charge in [0.25, 0.3) is 0 Å². The molecular formula is C12H18BrNO. The van der Waals surface area contributed by atoms with Crippen LogP contribution in [0, 0.1) is 12.8 Å². The van der Waals surface area contributed by atoms with Crippen LogP contribution in [-0.2, 0) is 0 Å². The molecule has 84 valence electrons. The van der Waals surface area contributed by atoms with E-state index in [0.29, 0.717) is 11.8 Å². The number of pyridine rings is 1. The van der Waals surface area contributed by atoms with Gasteiger partial charge in [0.15, 0.2) is 0 Å². The first-order valence-electron chi connectivity index (χ1n) is 5.28. The maximum Gasteiger partial charge on any atom is 0.228 e. The molecule has 1 aromatic heterocycles. The molecular weight excluding hydrogens is 254 g/mol. The van der Waals surface area contributed by atoms with Crippen molar-refractivity contribution in [1.82, 2.24) is 4.98 Å². The minimum Gasteiger partial charge on any atom is -0.474 e. The Balaban J connectivity index is 2.64. The molecule has 1 rings (SSSR count). The molecule has 0 saturated carbocycles. The number of hydrogen-bond acceptors (Lipinski definition) is 2. The second-order valence-corrected chi connectivity index (χ2v) is 5.21. The van der Waals surface area contributed by atoms with E-state index in [1.807, 2.05) is 19.2 Å². The highest BCUT2D eigenvalue weighted by Crippen LogP contribution is 2.24. The summed E-state index contributed by atoms with van der Waals surface area (Å²) in [5.74, 6) is 1.33. The highest BCUT2D eigenvalue weighted by atomic mass is 79.9. The van der Waals surface area contributed by atoms with Gasteiger partial charge in [-0.1, -0.05) is 13.8 Å². The lowest BCUT2D eigenvalue weighted by molar-refractivity contribution is 0.184. The van der Waals surface area contributed by atoms with Crippen molar-refractivity contribution in [2.75, 3.05) is 0 Å². The molecule has 0 spiro atoms. The van der Waals surface area contributed by atoms with Crippen LogP contribution in [0.3, 0.4) is 0 Å². The molecule has 0 saturated heterocycles. The predicted molar refractivity (Wildman–Crippen MR) is 66.2 cm³/mol. The normalized spacial score (nSPS) is 12.9. The van der Waals surface area contributed by atoms with E-state index >= 15 is 0 Å². The third kappa shape index (κ3) is 4.20. The van der Waals surface area contributed by atoms with Gasteiger partial charge in [0.2, 0.25) is 5.88 Å². The van der Waals surface area contributed by atoms with Crippen LogP contribution in [0.2, 0.25) is 0 Å². The largest absolute Gasteiger partial charge is 0.474 e. The molecule has 2 nitrogen and oxygen atoms in total. The second-order valence-electron chi connectivity index (χ2n) is 4.36. The Morgan fingerprint density at radius 1 is 1.40 bits per heavy atom. The minimum absolute atomic E-state index is 0.205. The summed E-state index contributed by atoms with van der Waals surface area (Å²) in [6.07, 6.45) is 3.07. The summed E-state index contributed by atoms with van der Waals surface area (Å²) < 4.78 is 6.68. The molecule has 0 N–H and O–H groups in total. The fraction of sp³-hybridized carbons (Fsp3) is 0.583. The van der Waals surface area contributed by atoms with Crippen molar-refractivity contribution in [1.29, 1.82) is 0 Å². The Hall–Kier alpha value is -0.570. The molecule has 1 heterocycles. The number of aryl methyl sites for hydroxylation is 1. The third-order valence-corrected chi connectivity index (χ3v) is 2.63. The zero-order valence-electron chi connectivity index (χ0n) is 9.75. The molecule has 1 unspecified atom stereocenters. The maximum absolute atomic E-state index is 5.75. The van der Waals surface area contributed by atoms with Crippen LogP contribution >= 0.6 is 15.9 Å². The Kier molecular flexibility index (Phi) is 4.58. The summed E-state index contributed by atoms with van der Waals surface area (Å²) in [5.41, 5.74) is 1.13. The van der Waals surface area contributed by atoms with Gasteiger partial charge < -0.3 is 4.74 Å². The zero-order valence-corrected chi connectivity index (χ0v) is 11.3. The Morgan fingerprint density at radius 3 is 2.60 bits per heavy atom. The molecule has 1 aromatic rings. The number of aromatic nitrogens is 1. The van der Waals surface area contributed by atoms with Crippen molar-refractivity contribution in [2.45, 2.75) is 40.2 Å². The fourth-order valence-electron chi connectivity index (χ4n) is 1.51. The number of halogens is 1. The van der Waals surface area contributed by atoms with Crippen LogP contribution in [-0.4, -0.2) is 11.1 Å². The SMILES string of the molecule is Cc1cnc(OC(C)CC(C)C)c(Br)c1. The Labute approximate surface area is 100 Å². The number of hydrogen-bond donors (Lipinski definition) is 0. The van der Waals surface area contributed by atoms with Crippen LogP contribution in [0.5, 0.6) is 5.88 Å². The molecule has 3 heteroatoms. The highest BCUT2D eigenvalue weighted by Gasteiger charge is 2.10. The molecule has 1 atom stereocenters. The van der Waals surface area contributed by atoms with E-state index in [0.717, 1.165) is 16.5 Å². The van der Waals surface area contributed by atoms with E-state index in [1.54, 1.807) is 0 Å². The highest BCUT2D eigenvalue weighted by molar-refractivity contribution is 9.10. The third-order valence-electron chi connectivity index (χ3n) is 2.06. The van der Waals surface area contributed by atoms with E-state index in [2.05, 4.69) is 41.7 Å². The smallest absolute Gasteiger partial charge is 0.228 e. The fourth-order valence-corrected chi connectivity index (χ4v) is 2.07. The van der Waals surface area contributed by atoms with Gasteiger partial charge in [-0.3, -0.25) is 0 Å². The van der Waals surface area contributed by atoms with Crippen LogP contribution in [0.1, 0.15) is 32.8 Å². The van der Waals surface area contributed by atoms with Gasteiger partial charge in [0, 0.05) is 6.20 Å². The number of nitrogens with zero attached hydrogens (tertiary/aromatic N) is 1. The van der Waals surface area contributed by atoms with E-state index in [1.165, 1.54) is 0 Å². The molecule has 0 aliphatic carbocycles. The van der Waals surface area contributed by atoms with Crippen LogP contribution in [0.25, 0.3) is 0 Å². The molecule has 15 heavy (non-hydrogen) atoms. The summed E-state index contributed by atoms with van der Waals surface area (Å²) >= 11 is 3.45. The molecule has 0 aliphatic rings. The van der Waals surface area contributed by atoms with E-state index < -0.39 is 0 Å². The summed E-state index contributed by atoms with van der Waals surface area (Å²) in [4.78, 5) is 4.26. The van der Waals surface area contributed by atoms with Gasteiger partial charge >= 0.3 is 0 Å². The average molecular weight is 272 g/mol. The Bertz CT molecular complexity index is 325. The lowest BCUT2D eigenvalue weighted by atomic mass is 10.1. The first-order valence-corrected chi connectivity index (χ1v) is 6.07. The lowest BCUT2D eigenvalue weighted by Gasteiger charge is -2.16. The van der Waals surface area contributed by atoms with Crippen molar-refractivity contribution in [2.24, 2.45) is 5.92 Å². The van der Waals surface area contributed by atoms with E-state index in [4.69, 9.17) is 4.74 Å². The average Bonchev–Trinajstić information content (AvgIpc) is 2.08. The monoisotopic (exact) mass is 271 g/mol. The van der Waals surface area contributed by atoms with Gasteiger partial charge in [-0.15, -0.1) is 0 Å². The van der Waals surface area contributed by atoms with E-state index in [-0.39, 0.29) is 6.10 Å². The van der Waals surface area contributed by atoms with Gasteiger partial charge in [-0.25, -0.2) is 4.98 Å². The van der Waals surface area contributed by atoms with Crippen molar-refractivity contribution >= 4 is 15.9 Å². The zero-order chi connectivity index (χ0) is 11.4. The Morgan fingerprint density at radius 2 is 2.07 bits per heavy atom. The summed E-state index contributed by atoms with van der Waals surface area (Å²) in [6, 6.07) is 2.02. The van der Waals surface area contributed by atoms with Crippen LogP contribution in [0.4, 0.5) is 0 Å². The van der Waals surface area contributed by atoms with Crippen molar-refractivity contribution < 1.29 is 4.74 Å². The molecule has 0 bridgehead atoms. The number of ether oxygens (including phenoxy) is 1. The molecule has 0 aromatic carbocycles. The van der Waals surface area contributed by atoms with Gasteiger partial charge in [0.05, 0.1) is 10.6 Å². The van der Waals surface area contributed by atoms with Crippen molar-refractivity contribution in [3.63, 3.8) is 0 Å². The summed E-state index contributed by atoms with van der Waals surface area (Å²) in [7, 11) is 0. The van der Waals surface area contributed by atoms with Crippen molar-refractivity contribution in [3.8, 4) is 5.88 Å². The van der Waals surface area contributed by atoms with Gasteiger partial charge in [0.1, 0.15) is 0 Å². The topological polar surface area (TPSA) is 22.1 Å². The summed E-state index contributed by atoms with van der Waals surface area (Å²) in [6.45, 7) is 8.47. The minimum atomic E-state index is 0.205. The van der Waals surface area contributed by atoms with Gasteiger partial charge in [-0.2, -0.15) is 0 Å². The number of rotatable bonds is 4. The van der Waals surface area contributed by atoms with Crippen LogP contribution in [0.15, 0.2) is 16.7 Å². The lowest BCUT2D eigenvalue weighted by Crippen LogP contribution is -2.15. The molecule has 0 fully saturated rings. The molecule has 0 aliphatic heterocycles. The summed E-state index contributed by atoms with van der Waals surface area (Å²) in [5, 5.41) is 0.